The molecule has 1 unspecified atom stereocenters. The molecule has 0 amide bonds. The van der Waals surface area contributed by atoms with Crippen LogP contribution < -0.4 is 4.74 Å². The van der Waals surface area contributed by atoms with Gasteiger partial charge in [-0.15, -0.1) is 0 Å². The van der Waals surface area contributed by atoms with Crippen LogP contribution in [-0.4, -0.2) is 31.6 Å². The fourth-order valence-electron chi connectivity index (χ4n) is 2.98. The minimum Gasteiger partial charge on any atom is -0.497 e. The predicted octanol–water partition coefficient (Wildman–Crippen LogP) is 3.67. The van der Waals surface area contributed by atoms with Gasteiger partial charge in [0.2, 0.25) is 0 Å². The van der Waals surface area contributed by atoms with Crippen LogP contribution in [0.15, 0.2) is 35.4 Å². The van der Waals surface area contributed by atoms with Gasteiger partial charge in [-0.25, -0.2) is 0 Å². The summed E-state index contributed by atoms with van der Waals surface area (Å²) in [5.41, 5.74) is 4.61. The summed E-state index contributed by atoms with van der Waals surface area (Å²) in [6.45, 7) is 5.76. The Morgan fingerprint density at radius 3 is 2.53 bits per heavy atom. The van der Waals surface area contributed by atoms with E-state index in [0.29, 0.717) is 6.04 Å². The monoisotopic (exact) mass is 259 g/mol. The van der Waals surface area contributed by atoms with Gasteiger partial charge in [-0.1, -0.05) is 30.2 Å². The van der Waals surface area contributed by atoms with Crippen molar-refractivity contribution in [2.24, 2.45) is 0 Å². The molecule has 1 heterocycles. The van der Waals surface area contributed by atoms with Crippen LogP contribution in [0.25, 0.3) is 0 Å². The van der Waals surface area contributed by atoms with E-state index in [4.69, 9.17) is 4.74 Å². The molecule has 1 aromatic carbocycles. The second-order valence-electron chi connectivity index (χ2n) is 5.44. The average Bonchev–Trinajstić information content (AvgIpc) is 2.44. The molecule has 0 bridgehead atoms. The van der Waals surface area contributed by atoms with Crippen molar-refractivity contribution in [2.45, 2.75) is 39.2 Å². The highest BCUT2D eigenvalue weighted by molar-refractivity contribution is 5.30. The summed E-state index contributed by atoms with van der Waals surface area (Å²) in [6, 6.07) is 9.02. The van der Waals surface area contributed by atoms with E-state index in [-0.39, 0.29) is 0 Å². The Bertz CT molecular complexity index is 447. The van der Waals surface area contributed by atoms with Gasteiger partial charge >= 0.3 is 0 Å². The highest BCUT2D eigenvalue weighted by Gasteiger charge is 2.23. The van der Waals surface area contributed by atoms with Crippen LogP contribution in [0.5, 0.6) is 5.75 Å². The topological polar surface area (TPSA) is 12.5 Å². The summed E-state index contributed by atoms with van der Waals surface area (Å²) < 4.78 is 5.22. The Morgan fingerprint density at radius 1 is 1.26 bits per heavy atom. The van der Waals surface area contributed by atoms with Gasteiger partial charge in [0, 0.05) is 12.6 Å². The number of ether oxygens (including phenoxy) is 1. The molecule has 0 spiro atoms. The summed E-state index contributed by atoms with van der Waals surface area (Å²) in [5, 5.41) is 0. The van der Waals surface area contributed by atoms with E-state index in [1.165, 1.54) is 24.9 Å². The Hall–Kier alpha value is -1.28. The van der Waals surface area contributed by atoms with E-state index in [0.717, 1.165) is 12.2 Å². The number of hydrogen-bond acceptors (Lipinski definition) is 2. The van der Waals surface area contributed by atoms with Gasteiger partial charge in [0.05, 0.1) is 7.11 Å². The molecular formula is C17H25NO. The SMILES string of the molecule is CCC1=C(C)C(Cc2ccc(OC)cc2)N(C)CC1. The van der Waals surface area contributed by atoms with E-state index in [2.05, 4.69) is 50.1 Å². The maximum atomic E-state index is 5.22. The molecule has 0 saturated carbocycles. The summed E-state index contributed by atoms with van der Waals surface area (Å²) >= 11 is 0. The lowest BCUT2D eigenvalue weighted by Gasteiger charge is -2.35. The van der Waals surface area contributed by atoms with Gasteiger partial charge < -0.3 is 4.74 Å². The number of hydrogen-bond donors (Lipinski definition) is 0. The zero-order valence-corrected chi connectivity index (χ0v) is 12.6. The van der Waals surface area contributed by atoms with Crippen molar-refractivity contribution in [3.8, 4) is 5.75 Å². The zero-order valence-electron chi connectivity index (χ0n) is 12.6. The van der Waals surface area contributed by atoms with Crippen molar-refractivity contribution < 1.29 is 4.74 Å². The molecule has 2 rings (SSSR count). The lowest BCUT2D eigenvalue weighted by molar-refractivity contribution is 0.253. The molecule has 1 atom stereocenters. The standard InChI is InChI=1S/C17H25NO/c1-5-15-10-11-18(3)17(13(15)2)12-14-6-8-16(19-4)9-7-14/h6-9,17H,5,10-12H2,1-4H3. The molecule has 2 heteroatoms. The van der Waals surface area contributed by atoms with Gasteiger partial charge in [-0.2, -0.15) is 0 Å². The maximum absolute atomic E-state index is 5.22. The van der Waals surface area contributed by atoms with E-state index in [1.54, 1.807) is 18.3 Å². The third-order valence-electron chi connectivity index (χ3n) is 4.37. The van der Waals surface area contributed by atoms with Crippen LogP contribution in [0, 0.1) is 0 Å². The quantitative estimate of drug-likeness (QED) is 0.765. The van der Waals surface area contributed by atoms with Crippen LogP contribution in [0.2, 0.25) is 0 Å². The van der Waals surface area contributed by atoms with Gasteiger partial charge in [0.25, 0.3) is 0 Å². The first kappa shape index (κ1) is 14.1. The van der Waals surface area contributed by atoms with Gasteiger partial charge in [-0.3, -0.25) is 4.90 Å². The maximum Gasteiger partial charge on any atom is 0.118 e. The third-order valence-corrected chi connectivity index (χ3v) is 4.37. The van der Waals surface area contributed by atoms with Gasteiger partial charge in [0.15, 0.2) is 0 Å². The fourth-order valence-corrected chi connectivity index (χ4v) is 2.98. The van der Waals surface area contributed by atoms with E-state index in [1.807, 2.05) is 0 Å². The Kier molecular flexibility index (Phi) is 4.65. The Labute approximate surface area is 117 Å². The lowest BCUT2D eigenvalue weighted by Crippen LogP contribution is -2.39. The van der Waals surface area contributed by atoms with E-state index >= 15 is 0 Å². The molecule has 1 aliphatic rings. The number of nitrogens with zero attached hydrogens (tertiary/aromatic N) is 1. The van der Waals surface area contributed by atoms with Crippen molar-refractivity contribution in [3.05, 3.63) is 41.0 Å². The molecule has 0 aliphatic carbocycles. The summed E-state index contributed by atoms with van der Waals surface area (Å²) in [5.74, 6) is 0.933. The van der Waals surface area contributed by atoms with Crippen molar-refractivity contribution >= 4 is 0 Å². The highest BCUT2D eigenvalue weighted by Crippen LogP contribution is 2.27. The molecule has 0 saturated heterocycles. The minimum absolute atomic E-state index is 0.553. The first-order valence-corrected chi connectivity index (χ1v) is 7.17. The predicted molar refractivity (Wildman–Crippen MR) is 80.7 cm³/mol. The number of methoxy groups -OCH3 is 1. The summed E-state index contributed by atoms with van der Waals surface area (Å²) in [4.78, 5) is 2.48. The fraction of sp³-hybridized carbons (Fsp3) is 0.529. The third kappa shape index (κ3) is 3.19. The zero-order chi connectivity index (χ0) is 13.8. The second-order valence-corrected chi connectivity index (χ2v) is 5.44. The molecule has 19 heavy (non-hydrogen) atoms. The largest absolute Gasteiger partial charge is 0.497 e. The van der Waals surface area contributed by atoms with E-state index < -0.39 is 0 Å². The Morgan fingerprint density at radius 2 is 1.95 bits per heavy atom. The average molecular weight is 259 g/mol. The molecule has 0 radical (unpaired) electrons. The van der Waals surface area contributed by atoms with Crippen LogP contribution in [0.4, 0.5) is 0 Å². The van der Waals surface area contributed by atoms with E-state index in [9.17, 15) is 0 Å². The molecule has 0 aromatic heterocycles. The van der Waals surface area contributed by atoms with Crippen LogP contribution >= 0.6 is 0 Å². The smallest absolute Gasteiger partial charge is 0.118 e. The first-order valence-electron chi connectivity index (χ1n) is 7.17. The molecule has 0 fully saturated rings. The van der Waals surface area contributed by atoms with Crippen LogP contribution in [0.3, 0.4) is 0 Å². The number of rotatable bonds is 4. The molecule has 2 nitrogen and oxygen atoms in total. The lowest BCUT2D eigenvalue weighted by atomic mass is 9.89. The van der Waals surface area contributed by atoms with Crippen molar-refractivity contribution in [1.82, 2.24) is 4.90 Å². The second kappa shape index (κ2) is 6.25. The molecule has 1 aromatic rings. The summed E-state index contributed by atoms with van der Waals surface area (Å²) in [7, 11) is 3.95. The highest BCUT2D eigenvalue weighted by atomic mass is 16.5. The number of likely N-dealkylation sites (N-methyl/N-ethyl adjacent to an activating group) is 1. The first-order chi connectivity index (χ1) is 9.15. The molecule has 1 aliphatic heterocycles. The number of benzene rings is 1. The molecule has 104 valence electrons. The normalized spacial score (nSPS) is 20.7. The summed E-state index contributed by atoms with van der Waals surface area (Å²) in [6.07, 6.45) is 3.52. The Balaban J connectivity index is 2.15. The van der Waals surface area contributed by atoms with Crippen molar-refractivity contribution in [1.29, 1.82) is 0 Å². The molecular weight excluding hydrogens is 234 g/mol. The van der Waals surface area contributed by atoms with Gasteiger partial charge in [-0.05, 0) is 50.9 Å². The van der Waals surface area contributed by atoms with Crippen molar-refractivity contribution in [3.63, 3.8) is 0 Å². The van der Waals surface area contributed by atoms with Crippen LogP contribution in [-0.2, 0) is 6.42 Å². The minimum atomic E-state index is 0.553. The van der Waals surface area contributed by atoms with Gasteiger partial charge in [0.1, 0.15) is 5.75 Å². The van der Waals surface area contributed by atoms with Crippen LogP contribution in [0.1, 0.15) is 32.3 Å². The van der Waals surface area contributed by atoms with Crippen molar-refractivity contribution in [2.75, 3.05) is 20.7 Å². The molecule has 0 N–H and O–H groups in total.